The monoisotopic (exact) mass is 466 g/mol. The van der Waals surface area contributed by atoms with Crippen LogP contribution in [0.2, 0.25) is 13.1 Å². The Hall–Kier alpha value is -1.04. The Balaban J connectivity index is 2.33. The van der Waals surface area contributed by atoms with Gasteiger partial charge >= 0.3 is 0 Å². The lowest BCUT2D eigenvalue weighted by atomic mass is 10.1. The Morgan fingerprint density at radius 1 is 0.700 bits per heavy atom. The van der Waals surface area contributed by atoms with Crippen molar-refractivity contribution in [3.63, 3.8) is 0 Å². The smallest absolute Gasteiger partial charge is 0.200 e. The highest BCUT2D eigenvalue weighted by molar-refractivity contribution is 7.99. The topological polar surface area (TPSA) is 20.2 Å². The van der Waals surface area contributed by atoms with Gasteiger partial charge in [0.1, 0.15) is 0 Å². The van der Waals surface area contributed by atoms with Crippen LogP contribution in [0, 0.1) is 40.6 Å². The molecule has 1 aromatic carbocycles. The van der Waals surface area contributed by atoms with E-state index >= 15 is 0 Å². The molecule has 0 atom stereocenters. The van der Waals surface area contributed by atoms with Crippen LogP contribution in [0.25, 0.3) is 0 Å². The second-order valence-electron chi connectivity index (χ2n) is 7.79. The van der Waals surface area contributed by atoms with Crippen molar-refractivity contribution in [3.8, 4) is 11.5 Å². The fraction of sp³-hybridized carbons (Fsp3) is 0.636. The van der Waals surface area contributed by atoms with E-state index in [0.717, 1.165) is 43.6 Å². The first-order valence-electron chi connectivity index (χ1n) is 10.4. The molecule has 1 nitrogen and oxygen atoms in total. The van der Waals surface area contributed by atoms with Gasteiger partial charge in [-0.25, -0.2) is 22.0 Å². The SMILES string of the molecule is C[Si](C)(C#CCCCCCCCCCSCCCO)c1c(F)c(F)c(F)c(F)c1F. The predicted octanol–water partition coefficient (Wildman–Crippen LogP) is 6.08. The molecule has 8 heteroatoms. The number of benzene rings is 1. The molecule has 1 rings (SSSR count). The zero-order valence-electron chi connectivity index (χ0n) is 17.7. The first-order chi connectivity index (χ1) is 14.2. The Kier molecular flexibility index (Phi) is 12.7. The first kappa shape index (κ1) is 27.0. The number of hydrogen-bond acceptors (Lipinski definition) is 2. The van der Waals surface area contributed by atoms with E-state index < -0.39 is 42.3 Å². The third-order valence-corrected chi connectivity index (χ3v) is 8.42. The average molecular weight is 467 g/mol. The normalized spacial score (nSPS) is 11.5. The van der Waals surface area contributed by atoms with Crippen molar-refractivity contribution in [3.05, 3.63) is 29.1 Å². The standard InChI is InChI=1S/C22H31F5OSSi/c1-30(2,22-20(26)18(24)17(23)19(25)21(22)27)16-11-9-7-5-3-4-6-8-10-14-29-15-12-13-28/h28H,3-10,12-15H2,1-2H3. The average Bonchev–Trinajstić information content (AvgIpc) is 2.71. The minimum atomic E-state index is -3.13. The van der Waals surface area contributed by atoms with Gasteiger partial charge in [0.05, 0.1) is 0 Å². The van der Waals surface area contributed by atoms with Crippen LogP contribution in [0.5, 0.6) is 0 Å². The molecule has 0 unspecified atom stereocenters. The summed E-state index contributed by atoms with van der Waals surface area (Å²) in [5, 5.41) is 7.95. The summed E-state index contributed by atoms with van der Waals surface area (Å²) in [6.07, 6.45) is 9.09. The highest BCUT2D eigenvalue weighted by Gasteiger charge is 2.35. The Bertz CT molecular complexity index is 701. The van der Waals surface area contributed by atoms with Gasteiger partial charge in [-0.2, -0.15) is 11.8 Å². The molecule has 0 saturated carbocycles. The summed E-state index contributed by atoms with van der Waals surface area (Å²) >= 11 is 1.88. The molecule has 0 heterocycles. The van der Waals surface area contributed by atoms with E-state index in [1.807, 2.05) is 11.8 Å². The van der Waals surface area contributed by atoms with Crippen molar-refractivity contribution >= 4 is 25.0 Å². The Morgan fingerprint density at radius 2 is 1.17 bits per heavy atom. The fourth-order valence-corrected chi connectivity index (χ4v) is 6.02. The van der Waals surface area contributed by atoms with E-state index in [-0.39, 0.29) is 6.61 Å². The molecule has 0 aliphatic heterocycles. The summed E-state index contributed by atoms with van der Waals surface area (Å²) in [6.45, 7) is 3.23. The molecule has 0 aliphatic rings. The number of aliphatic hydroxyl groups is 1. The van der Waals surface area contributed by atoms with Crippen molar-refractivity contribution in [2.75, 3.05) is 18.1 Å². The molecule has 1 N–H and O–H groups in total. The maximum atomic E-state index is 14.0. The van der Waals surface area contributed by atoms with Crippen LogP contribution in [0.4, 0.5) is 22.0 Å². The second-order valence-corrected chi connectivity index (χ2v) is 13.0. The highest BCUT2D eigenvalue weighted by Crippen LogP contribution is 2.19. The maximum absolute atomic E-state index is 14.0. The van der Waals surface area contributed by atoms with Gasteiger partial charge in [0, 0.05) is 18.2 Å². The van der Waals surface area contributed by atoms with Gasteiger partial charge in [0.2, 0.25) is 5.82 Å². The molecule has 0 aromatic heterocycles. The van der Waals surface area contributed by atoms with E-state index in [2.05, 4.69) is 11.5 Å². The van der Waals surface area contributed by atoms with E-state index in [4.69, 9.17) is 5.11 Å². The predicted molar refractivity (Wildman–Crippen MR) is 117 cm³/mol. The molecule has 170 valence electrons. The molecule has 0 fully saturated rings. The van der Waals surface area contributed by atoms with Crippen molar-refractivity contribution < 1.29 is 27.1 Å². The van der Waals surface area contributed by atoms with E-state index in [0.29, 0.717) is 6.42 Å². The molecule has 1 aromatic rings. The Morgan fingerprint density at radius 3 is 1.73 bits per heavy atom. The van der Waals surface area contributed by atoms with E-state index in [9.17, 15) is 22.0 Å². The second kappa shape index (κ2) is 14.1. The van der Waals surface area contributed by atoms with Gasteiger partial charge in [-0.15, -0.1) is 11.5 Å². The lowest BCUT2D eigenvalue weighted by Crippen LogP contribution is -2.46. The largest absolute Gasteiger partial charge is 0.396 e. The maximum Gasteiger partial charge on any atom is 0.200 e. The minimum Gasteiger partial charge on any atom is -0.396 e. The van der Waals surface area contributed by atoms with Crippen molar-refractivity contribution in [1.82, 2.24) is 0 Å². The zero-order valence-corrected chi connectivity index (χ0v) is 19.5. The van der Waals surface area contributed by atoms with Crippen LogP contribution >= 0.6 is 11.8 Å². The molecule has 0 spiro atoms. The molecule has 0 saturated heterocycles. The van der Waals surface area contributed by atoms with Crippen LogP contribution in [0.15, 0.2) is 0 Å². The molecule has 0 amide bonds. The van der Waals surface area contributed by atoms with Crippen molar-refractivity contribution in [2.24, 2.45) is 0 Å². The molecular formula is C22H31F5OSSi. The fourth-order valence-electron chi connectivity index (χ4n) is 3.07. The number of halogens is 5. The van der Waals surface area contributed by atoms with Crippen LogP contribution in [-0.4, -0.2) is 31.3 Å². The van der Waals surface area contributed by atoms with Gasteiger partial charge in [0.25, 0.3) is 0 Å². The summed E-state index contributed by atoms with van der Waals surface area (Å²) < 4.78 is 68.1. The lowest BCUT2D eigenvalue weighted by Gasteiger charge is -2.18. The van der Waals surface area contributed by atoms with E-state index in [1.54, 1.807) is 0 Å². The quantitative estimate of drug-likeness (QED) is 0.0950. The summed E-state index contributed by atoms with van der Waals surface area (Å²) in [7, 11) is -3.13. The highest BCUT2D eigenvalue weighted by atomic mass is 32.2. The Labute approximate surface area is 181 Å². The van der Waals surface area contributed by atoms with Gasteiger partial charge in [-0.1, -0.05) is 45.2 Å². The van der Waals surface area contributed by atoms with Crippen LogP contribution in [-0.2, 0) is 0 Å². The van der Waals surface area contributed by atoms with Gasteiger partial charge in [-0.3, -0.25) is 0 Å². The first-order valence-corrected chi connectivity index (χ1v) is 14.6. The van der Waals surface area contributed by atoms with Crippen LogP contribution in [0.3, 0.4) is 0 Å². The van der Waals surface area contributed by atoms with Gasteiger partial charge in [0.15, 0.2) is 31.3 Å². The summed E-state index contributed by atoms with van der Waals surface area (Å²) in [5.41, 5.74) is 2.81. The minimum absolute atomic E-state index is 0.258. The number of thioether (sulfide) groups is 1. The molecular weight excluding hydrogens is 435 g/mol. The number of unbranched alkanes of at least 4 members (excludes halogenated alkanes) is 7. The summed E-state index contributed by atoms with van der Waals surface area (Å²) in [4.78, 5) is 0. The van der Waals surface area contributed by atoms with Crippen LogP contribution in [0.1, 0.15) is 57.8 Å². The summed E-state index contributed by atoms with van der Waals surface area (Å²) in [6, 6.07) is 0. The third kappa shape index (κ3) is 8.60. The molecule has 0 aliphatic carbocycles. The zero-order chi connectivity index (χ0) is 22.6. The van der Waals surface area contributed by atoms with Gasteiger partial charge < -0.3 is 5.11 Å². The number of hydrogen-bond donors (Lipinski definition) is 1. The van der Waals surface area contributed by atoms with Gasteiger partial charge in [-0.05, 0) is 30.8 Å². The van der Waals surface area contributed by atoms with Crippen molar-refractivity contribution in [1.29, 1.82) is 0 Å². The molecule has 0 radical (unpaired) electrons. The molecule has 0 bridgehead atoms. The van der Waals surface area contributed by atoms with Crippen LogP contribution < -0.4 is 5.19 Å². The van der Waals surface area contributed by atoms with Crippen molar-refractivity contribution in [2.45, 2.75) is 70.9 Å². The third-order valence-electron chi connectivity index (χ3n) is 4.77. The number of rotatable bonds is 13. The molecule has 30 heavy (non-hydrogen) atoms. The number of aliphatic hydroxyl groups excluding tert-OH is 1. The summed E-state index contributed by atoms with van der Waals surface area (Å²) in [5.74, 6) is -4.43. The van der Waals surface area contributed by atoms with E-state index in [1.165, 1.54) is 32.4 Å². The lowest BCUT2D eigenvalue weighted by molar-refractivity contribution is 0.296.